The lowest BCUT2D eigenvalue weighted by Crippen LogP contribution is -2.28. The van der Waals surface area contributed by atoms with Crippen molar-refractivity contribution in [3.63, 3.8) is 0 Å². The van der Waals surface area contributed by atoms with E-state index < -0.39 is 0 Å². The van der Waals surface area contributed by atoms with Crippen LogP contribution >= 0.6 is 0 Å². The minimum atomic E-state index is -0.233. The van der Waals surface area contributed by atoms with Crippen LogP contribution in [0, 0.1) is 5.92 Å². The Balaban J connectivity index is 2.38. The molecule has 110 valence electrons. The summed E-state index contributed by atoms with van der Waals surface area (Å²) >= 11 is 0. The largest absolute Gasteiger partial charge is 0.384 e. The van der Waals surface area contributed by atoms with Gasteiger partial charge in [-0.05, 0) is 18.1 Å². The standard InChI is InChI=1S/C14H22N4O2/c1-10(2)9-18-13(19)5-7-16-11-4-6-17-12(8-11)14(20)15-3/h4,6,8,10H,5,7,9H2,1-3H3,(H,15,20)(H,16,17)(H,18,19). The van der Waals surface area contributed by atoms with E-state index in [1.54, 1.807) is 25.4 Å². The summed E-state index contributed by atoms with van der Waals surface area (Å²) in [6.07, 6.45) is 1.95. The third kappa shape index (κ3) is 5.69. The van der Waals surface area contributed by atoms with Crippen molar-refractivity contribution in [2.45, 2.75) is 20.3 Å². The predicted molar refractivity (Wildman–Crippen MR) is 78.6 cm³/mol. The van der Waals surface area contributed by atoms with Gasteiger partial charge in [-0.2, -0.15) is 0 Å². The molecule has 3 N–H and O–H groups in total. The third-order valence-electron chi connectivity index (χ3n) is 2.61. The Hall–Kier alpha value is -2.11. The normalized spacial score (nSPS) is 10.2. The predicted octanol–water partition coefficient (Wildman–Crippen LogP) is 1.02. The molecule has 1 heterocycles. The van der Waals surface area contributed by atoms with E-state index in [0.717, 1.165) is 5.69 Å². The van der Waals surface area contributed by atoms with E-state index in [2.05, 4.69) is 34.8 Å². The summed E-state index contributed by atoms with van der Waals surface area (Å²) in [7, 11) is 1.56. The Labute approximate surface area is 119 Å². The lowest BCUT2D eigenvalue weighted by molar-refractivity contribution is -0.120. The number of hydrogen-bond donors (Lipinski definition) is 3. The maximum Gasteiger partial charge on any atom is 0.269 e. The lowest BCUT2D eigenvalue weighted by Gasteiger charge is -2.09. The minimum absolute atomic E-state index is 0.0202. The van der Waals surface area contributed by atoms with Gasteiger partial charge < -0.3 is 16.0 Å². The molecule has 20 heavy (non-hydrogen) atoms. The Morgan fingerprint density at radius 1 is 1.35 bits per heavy atom. The number of carbonyl (C=O) groups excluding carboxylic acids is 2. The molecule has 2 amide bonds. The molecule has 0 aliphatic rings. The average Bonchev–Trinajstić information content (AvgIpc) is 2.44. The zero-order chi connectivity index (χ0) is 15.0. The zero-order valence-electron chi connectivity index (χ0n) is 12.2. The van der Waals surface area contributed by atoms with Gasteiger partial charge in [-0.15, -0.1) is 0 Å². The van der Waals surface area contributed by atoms with Crippen LogP contribution in [0.5, 0.6) is 0 Å². The maximum absolute atomic E-state index is 11.5. The third-order valence-corrected chi connectivity index (χ3v) is 2.61. The lowest BCUT2D eigenvalue weighted by atomic mass is 10.2. The summed E-state index contributed by atoms with van der Waals surface area (Å²) < 4.78 is 0. The fourth-order valence-electron chi connectivity index (χ4n) is 1.52. The first-order chi connectivity index (χ1) is 9.52. The van der Waals surface area contributed by atoms with Gasteiger partial charge in [0.15, 0.2) is 0 Å². The average molecular weight is 278 g/mol. The van der Waals surface area contributed by atoms with Crippen molar-refractivity contribution < 1.29 is 9.59 Å². The van der Waals surface area contributed by atoms with Crippen LogP contribution in [0.15, 0.2) is 18.3 Å². The van der Waals surface area contributed by atoms with Crippen molar-refractivity contribution in [2.75, 3.05) is 25.5 Å². The number of aromatic nitrogens is 1. The molecule has 0 fully saturated rings. The van der Waals surface area contributed by atoms with Gasteiger partial charge in [-0.1, -0.05) is 13.8 Å². The second-order valence-corrected chi connectivity index (χ2v) is 4.88. The number of nitrogens with zero attached hydrogens (tertiary/aromatic N) is 1. The molecule has 0 aromatic carbocycles. The topological polar surface area (TPSA) is 83.1 Å². The SMILES string of the molecule is CNC(=O)c1cc(NCCC(=O)NCC(C)C)ccn1. The first-order valence-corrected chi connectivity index (χ1v) is 6.71. The van der Waals surface area contributed by atoms with Crippen LogP contribution in [0.25, 0.3) is 0 Å². The highest BCUT2D eigenvalue weighted by Gasteiger charge is 2.06. The maximum atomic E-state index is 11.5. The number of amides is 2. The smallest absolute Gasteiger partial charge is 0.269 e. The zero-order valence-corrected chi connectivity index (χ0v) is 12.2. The molecule has 0 radical (unpaired) electrons. The molecule has 6 nitrogen and oxygen atoms in total. The molecule has 1 aromatic heterocycles. The molecular weight excluding hydrogens is 256 g/mol. The van der Waals surface area contributed by atoms with Crippen LogP contribution in [-0.2, 0) is 4.79 Å². The van der Waals surface area contributed by atoms with Gasteiger partial charge >= 0.3 is 0 Å². The van der Waals surface area contributed by atoms with Crippen LogP contribution in [0.4, 0.5) is 5.69 Å². The molecule has 0 aliphatic carbocycles. The van der Waals surface area contributed by atoms with E-state index in [0.29, 0.717) is 31.1 Å². The molecule has 0 bridgehead atoms. The van der Waals surface area contributed by atoms with Gasteiger partial charge in [0.2, 0.25) is 5.91 Å². The number of anilines is 1. The highest BCUT2D eigenvalue weighted by molar-refractivity contribution is 5.92. The molecule has 1 aromatic rings. The summed E-state index contributed by atoms with van der Waals surface area (Å²) in [6, 6.07) is 3.42. The second kappa shape index (κ2) is 8.14. The molecule has 0 saturated heterocycles. The van der Waals surface area contributed by atoms with Gasteiger partial charge in [0.1, 0.15) is 5.69 Å². The van der Waals surface area contributed by atoms with Crippen molar-refractivity contribution in [1.29, 1.82) is 0 Å². The molecule has 0 unspecified atom stereocenters. The van der Waals surface area contributed by atoms with Crippen LogP contribution < -0.4 is 16.0 Å². The fraction of sp³-hybridized carbons (Fsp3) is 0.500. The summed E-state index contributed by atoms with van der Waals surface area (Å²) in [4.78, 5) is 26.9. The summed E-state index contributed by atoms with van der Waals surface area (Å²) in [5.74, 6) is 0.234. The summed E-state index contributed by atoms with van der Waals surface area (Å²) in [6.45, 7) is 5.31. The first-order valence-electron chi connectivity index (χ1n) is 6.71. The van der Waals surface area contributed by atoms with E-state index in [-0.39, 0.29) is 11.8 Å². The molecule has 0 saturated carbocycles. The Bertz CT molecular complexity index is 460. The van der Waals surface area contributed by atoms with Crippen molar-refractivity contribution in [3.05, 3.63) is 24.0 Å². The van der Waals surface area contributed by atoms with Crippen LogP contribution in [-0.4, -0.2) is 36.9 Å². The highest BCUT2D eigenvalue weighted by Crippen LogP contribution is 2.07. The van der Waals surface area contributed by atoms with E-state index in [4.69, 9.17) is 0 Å². The summed E-state index contributed by atoms with van der Waals surface area (Å²) in [5.41, 5.74) is 1.12. The Kier molecular flexibility index (Phi) is 6.49. The van der Waals surface area contributed by atoms with Gasteiger partial charge in [-0.25, -0.2) is 0 Å². The van der Waals surface area contributed by atoms with Crippen molar-refractivity contribution in [3.8, 4) is 0 Å². The summed E-state index contributed by atoms with van der Waals surface area (Å²) in [5, 5.41) is 8.47. The van der Waals surface area contributed by atoms with Crippen molar-refractivity contribution in [1.82, 2.24) is 15.6 Å². The van der Waals surface area contributed by atoms with Crippen molar-refractivity contribution in [2.24, 2.45) is 5.92 Å². The molecular formula is C14H22N4O2. The number of rotatable bonds is 7. The van der Waals surface area contributed by atoms with E-state index in [1.165, 1.54) is 0 Å². The van der Waals surface area contributed by atoms with Crippen LogP contribution in [0.2, 0.25) is 0 Å². The van der Waals surface area contributed by atoms with Gasteiger partial charge in [0.25, 0.3) is 5.91 Å². The first kappa shape index (κ1) is 15.9. The van der Waals surface area contributed by atoms with Crippen molar-refractivity contribution >= 4 is 17.5 Å². The molecule has 6 heteroatoms. The highest BCUT2D eigenvalue weighted by atomic mass is 16.2. The Morgan fingerprint density at radius 2 is 2.10 bits per heavy atom. The quantitative estimate of drug-likeness (QED) is 0.695. The second-order valence-electron chi connectivity index (χ2n) is 4.88. The number of nitrogens with one attached hydrogen (secondary N) is 3. The number of hydrogen-bond acceptors (Lipinski definition) is 4. The number of pyridine rings is 1. The molecule has 0 spiro atoms. The van der Waals surface area contributed by atoms with Gasteiger partial charge in [-0.3, -0.25) is 14.6 Å². The van der Waals surface area contributed by atoms with E-state index in [1.807, 2.05) is 0 Å². The molecule has 0 aliphatic heterocycles. The number of carbonyl (C=O) groups is 2. The molecule has 0 atom stereocenters. The van der Waals surface area contributed by atoms with Gasteiger partial charge in [0, 0.05) is 38.4 Å². The van der Waals surface area contributed by atoms with Gasteiger partial charge in [0.05, 0.1) is 0 Å². The molecule has 1 rings (SSSR count). The monoisotopic (exact) mass is 278 g/mol. The minimum Gasteiger partial charge on any atom is -0.384 e. The van der Waals surface area contributed by atoms with E-state index >= 15 is 0 Å². The van der Waals surface area contributed by atoms with E-state index in [9.17, 15) is 9.59 Å². The fourth-order valence-corrected chi connectivity index (χ4v) is 1.52. The van der Waals surface area contributed by atoms with Crippen LogP contribution in [0.3, 0.4) is 0 Å². The Morgan fingerprint density at radius 3 is 2.75 bits per heavy atom. The van der Waals surface area contributed by atoms with Crippen LogP contribution in [0.1, 0.15) is 30.8 Å².